The summed E-state index contributed by atoms with van der Waals surface area (Å²) in [7, 11) is 0. The Kier molecular flexibility index (Phi) is 4.58. The molecule has 3 rings (SSSR count). The van der Waals surface area contributed by atoms with Gasteiger partial charge >= 0.3 is 0 Å². The highest BCUT2D eigenvalue weighted by atomic mass is 16.2. The van der Waals surface area contributed by atoms with Crippen LogP contribution in [0.5, 0.6) is 0 Å². The van der Waals surface area contributed by atoms with Crippen molar-refractivity contribution in [2.75, 3.05) is 6.54 Å². The number of carbonyl (C=O) groups excluding carboxylic acids is 1. The molecule has 2 saturated carbocycles. The van der Waals surface area contributed by atoms with Gasteiger partial charge in [0.1, 0.15) is 0 Å². The van der Waals surface area contributed by atoms with Gasteiger partial charge in [0.25, 0.3) is 0 Å². The lowest BCUT2D eigenvalue weighted by Crippen LogP contribution is -2.44. The van der Waals surface area contributed by atoms with Gasteiger partial charge in [-0.1, -0.05) is 46.0 Å². The lowest BCUT2D eigenvalue weighted by Gasteiger charge is -2.32. The molecule has 1 spiro atoms. The second kappa shape index (κ2) is 6.28. The van der Waals surface area contributed by atoms with E-state index in [4.69, 9.17) is 0 Å². The first-order valence-electron chi connectivity index (χ1n) is 9.23. The highest BCUT2D eigenvalue weighted by Gasteiger charge is 2.52. The number of amides is 1. The molecule has 1 heterocycles. The van der Waals surface area contributed by atoms with Crippen LogP contribution in [0.2, 0.25) is 0 Å². The Morgan fingerprint density at radius 3 is 2.48 bits per heavy atom. The van der Waals surface area contributed by atoms with Crippen LogP contribution in [0.3, 0.4) is 0 Å². The van der Waals surface area contributed by atoms with Crippen LogP contribution in [0, 0.1) is 11.8 Å². The molecule has 0 radical (unpaired) electrons. The minimum absolute atomic E-state index is 0.179. The van der Waals surface area contributed by atoms with Crippen molar-refractivity contribution >= 4 is 5.91 Å². The molecule has 1 unspecified atom stereocenters. The maximum absolute atomic E-state index is 13.0. The minimum atomic E-state index is -0.179. The lowest BCUT2D eigenvalue weighted by molar-refractivity contribution is -0.134. The summed E-state index contributed by atoms with van der Waals surface area (Å²) in [5, 5.41) is 3.74. The Morgan fingerprint density at radius 2 is 1.86 bits per heavy atom. The zero-order chi connectivity index (χ0) is 14.9. The average molecular weight is 292 g/mol. The maximum Gasteiger partial charge on any atom is 0.244 e. The Hall–Kier alpha value is -0.570. The fourth-order valence-electron chi connectivity index (χ4n) is 4.71. The largest absolute Gasteiger partial charge is 0.325 e. The number of rotatable bonds is 4. The predicted octanol–water partition coefficient (Wildman–Crippen LogP) is 3.68. The molecule has 1 aliphatic heterocycles. The molecule has 0 aromatic heterocycles. The van der Waals surface area contributed by atoms with Crippen LogP contribution in [-0.4, -0.2) is 29.1 Å². The molecule has 0 aromatic rings. The molecular formula is C18H32N2O. The molecule has 2 aliphatic carbocycles. The van der Waals surface area contributed by atoms with Crippen LogP contribution in [0.15, 0.2) is 0 Å². The van der Waals surface area contributed by atoms with E-state index in [0.29, 0.717) is 12.1 Å². The van der Waals surface area contributed by atoms with Crippen molar-refractivity contribution in [3.63, 3.8) is 0 Å². The van der Waals surface area contributed by atoms with Crippen molar-refractivity contribution in [3.8, 4) is 0 Å². The van der Waals surface area contributed by atoms with Crippen molar-refractivity contribution in [1.82, 2.24) is 10.2 Å². The number of carbonyl (C=O) groups is 1. The standard InChI is InChI=1S/C18H32N2O/c1-3-6-16-19-18(11-4-5-12-18)17(21)20(16)13-15-9-7-14(2)8-10-15/h14-16,19H,3-13H2,1-2H3. The first-order chi connectivity index (χ1) is 10.1. The molecule has 1 saturated heterocycles. The molecule has 1 atom stereocenters. The summed E-state index contributed by atoms with van der Waals surface area (Å²) >= 11 is 0. The van der Waals surface area contributed by atoms with Gasteiger partial charge in [0, 0.05) is 6.54 Å². The second-order valence-corrected chi connectivity index (χ2v) is 7.82. The van der Waals surface area contributed by atoms with Crippen molar-refractivity contribution < 1.29 is 4.79 Å². The number of hydrogen-bond acceptors (Lipinski definition) is 2. The van der Waals surface area contributed by atoms with Crippen molar-refractivity contribution in [2.45, 2.75) is 89.8 Å². The van der Waals surface area contributed by atoms with E-state index in [1.807, 2.05) is 0 Å². The number of nitrogens with zero attached hydrogens (tertiary/aromatic N) is 1. The van der Waals surface area contributed by atoms with E-state index in [1.54, 1.807) is 0 Å². The number of nitrogens with one attached hydrogen (secondary N) is 1. The fourth-order valence-corrected chi connectivity index (χ4v) is 4.71. The highest BCUT2D eigenvalue weighted by molar-refractivity contribution is 5.89. The van der Waals surface area contributed by atoms with Gasteiger partial charge in [-0.05, 0) is 43.9 Å². The van der Waals surface area contributed by atoms with Gasteiger partial charge in [0.15, 0.2) is 0 Å². The topological polar surface area (TPSA) is 32.3 Å². The Labute approximate surface area is 129 Å². The summed E-state index contributed by atoms with van der Waals surface area (Å²) < 4.78 is 0. The molecule has 3 heteroatoms. The van der Waals surface area contributed by atoms with Gasteiger partial charge < -0.3 is 4.90 Å². The first kappa shape index (κ1) is 15.3. The van der Waals surface area contributed by atoms with Crippen molar-refractivity contribution in [2.24, 2.45) is 11.8 Å². The van der Waals surface area contributed by atoms with E-state index in [0.717, 1.165) is 44.1 Å². The minimum Gasteiger partial charge on any atom is -0.325 e. The van der Waals surface area contributed by atoms with E-state index in [1.165, 1.54) is 38.5 Å². The predicted molar refractivity (Wildman–Crippen MR) is 85.9 cm³/mol. The van der Waals surface area contributed by atoms with Crippen LogP contribution >= 0.6 is 0 Å². The zero-order valence-electron chi connectivity index (χ0n) is 13.9. The van der Waals surface area contributed by atoms with Crippen LogP contribution < -0.4 is 5.32 Å². The lowest BCUT2D eigenvalue weighted by atomic mass is 9.82. The Bertz CT molecular complexity index is 367. The van der Waals surface area contributed by atoms with Gasteiger partial charge in [0.2, 0.25) is 5.91 Å². The Morgan fingerprint density at radius 1 is 1.19 bits per heavy atom. The molecular weight excluding hydrogens is 260 g/mol. The molecule has 0 bridgehead atoms. The monoisotopic (exact) mass is 292 g/mol. The summed E-state index contributed by atoms with van der Waals surface area (Å²) in [4.78, 5) is 15.2. The molecule has 120 valence electrons. The van der Waals surface area contributed by atoms with Crippen LogP contribution in [0.4, 0.5) is 0 Å². The zero-order valence-corrected chi connectivity index (χ0v) is 13.9. The fraction of sp³-hybridized carbons (Fsp3) is 0.944. The van der Waals surface area contributed by atoms with E-state index in [9.17, 15) is 4.79 Å². The van der Waals surface area contributed by atoms with E-state index < -0.39 is 0 Å². The molecule has 1 N–H and O–H groups in total. The summed E-state index contributed by atoms with van der Waals surface area (Å²) in [6, 6.07) is 0. The summed E-state index contributed by atoms with van der Waals surface area (Å²) in [5.74, 6) is 2.06. The van der Waals surface area contributed by atoms with Crippen LogP contribution in [0.1, 0.15) is 78.1 Å². The molecule has 0 aromatic carbocycles. The van der Waals surface area contributed by atoms with Gasteiger partial charge in [-0.15, -0.1) is 0 Å². The Balaban J connectivity index is 1.67. The quantitative estimate of drug-likeness (QED) is 0.857. The number of hydrogen-bond donors (Lipinski definition) is 1. The van der Waals surface area contributed by atoms with E-state index in [-0.39, 0.29) is 5.54 Å². The summed E-state index contributed by atoms with van der Waals surface area (Å²) in [6.45, 7) is 5.60. The molecule has 3 fully saturated rings. The molecule has 3 aliphatic rings. The summed E-state index contributed by atoms with van der Waals surface area (Å²) in [5.41, 5.74) is -0.179. The normalized spacial score (nSPS) is 35.8. The highest BCUT2D eigenvalue weighted by Crippen LogP contribution is 2.38. The second-order valence-electron chi connectivity index (χ2n) is 7.82. The smallest absolute Gasteiger partial charge is 0.244 e. The van der Waals surface area contributed by atoms with Crippen molar-refractivity contribution in [1.29, 1.82) is 0 Å². The maximum atomic E-state index is 13.0. The molecule has 3 nitrogen and oxygen atoms in total. The third-order valence-electron chi connectivity index (χ3n) is 6.10. The molecule has 1 amide bonds. The first-order valence-corrected chi connectivity index (χ1v) is 9.23. The van der Waals surface area contributed by atoms with Crippen molar-refractivity contribution in [3.05, 3.63) is 0 Å². The van der Waals surface area contributed by atoms with Crippen LogP contribution in [0.25, 0.3) is 0 Å². The van der Waals surface area contributed by atoms with E-state index in [2.05, 4.69) is 24.1 Å². The van der Waals surface area contributed by atoms with Gasteiger partial charge in [-0.25, -0.2) is 0 Å². The van der Waals surface area contributed by atoms with E-state index >= 15 is 0 Å². The van der Waals surface area contributed by atoms with Gasteiger partial charge in [0.05, 0.1) is 11.7 Å². The average Bonchev–Trinajstić information content (AvgIpc) is 3.04. The van der Waals surface area contributed by atoms with Crippen LogP contribution in [-0.2, 0) is 4.79 Å². The third kappa shape index (κ3) is 2.99. The third-order valence-corrected chi connectivity index (χ3v) is 6.10. The van der Waals surface area contributed by atoms with Gasteiger partial charge in [-0.3, -0.25) is 10.1 Å². The van der Waals surface area contributed by atoms with Gasteiger partial charge in [-0.2, -0.15) is 0 Å². The SMILES string of the molecule is CCCC1NC2(CCCC2)C(=O)N1CC1CCC(C)CC1. The molecule has 21 heavy (non-hydrogen) atoms. The summed E-state index contributed by atoms with van der Waals surface area (Å²) in [6.07, 6.45) is 12.4.